The number of hydrogen-bond acceptors (Lipinski definition) is 8. The van der Waals surface area contributed by atoms with Gasteiger partial charge in [0.15, 0.2) is 11.5 Å². The maximum Gasteiger partial charge on any atom is 0.233 e. The highest BCUT2D eigenvalue weighted by atomic mass is 32.2. The molecule has 2 aromatic heterocycles. The highest BCUT2D eigenvalue weighted by molar-refractivity contribution is 7.91. The number of aromatic nitrogens is 3. The largest absolute Gasteiger partial charge is 0.493 e. The topological polar surface area (TPSA) is 108 Å². The molecule has 0 unspecified atom stereocenters. The quantitative estimate of drug-likeness (QED) is 0.306. The van der Waals surface area contributed by atoms with Crippen LogP contribution in [0.1, 0.15) is 17.9 Å². The van der Waals surface area contributed by atoms with E-state index in [1.807, 2.05) is 16.8 Å². The van der Waals surface area contributed by atoms with E-state index >= 15 is 0 Å². The Morgan fingerprint density at radius 2 is 1.86 bits per heavy atom. The molecule has 35 heavy (non-hydrogen) atoms. The van der Waals surface area contributed by atoms with Crippen molar-refractivity contribution in [3.05, 3.63) is 78.7 Å². The van der Waals surface area contributed by atoms with Gasteiger partial charge in [0.1, 0.15) is 0 Å². The van der Waals surface area contributed by atoms with Crippen molar-refractivity contribution in [2.75, 3.05) is 26.1 Å². The Morgan fingerprint density at radius 3 is 2.57 bits per heavy atom. The van der Waals surface area contributed by atoms with Crippen LogP contribution in [0.15, 0.2) is 81.6 Å². The van der Waals surface area contributed by atoms with Crippen LogP contribution in [0.2, 0.25) is 0 Å². The first-order chi connectivity index (χ1) is 17.0. The molecule has 2 aromatic carbocycles. The zero-order valence-corrected chi connectivity index (χ0v) is 20.2. The average molecular weight is 495 g/mol. The van der Waals surface area contributed by atoms with Crippen LogP contribution in [-0.2, 0) is 16.4 Å². The SMILES string of the molecule is COc1ccc(/C=C/c2nc(S(=O)(=O)c3ccccc3)c(NCCCn3ccnc3)o2)cc1OC. The molecule has 0 aliphatic carbocycles. The summed E-state index contributed by atoms with van der Waals surface area (Å²) in [4.78, 5) is 8.47. The molecule has 0 bridgehead atoms. The molecule has 0 aliphatic rings. The standard InChI is InChI=1S/C25H26N4O5S/c1-32-21-11-9-19(17-22(21)33-2)10-12-23-28-25(35(30,31)20-7-4-3-5-8-20)24(34-23)27-13-6-15-29-16-14-26-18-29/h3-5,7-12,14,16-18,27H,6,13,15H2,1-2H3/b12-10+. The normalized spacial score (nSPS) is 11.6. The predicted molar refractivity (Wildman–Crippen MR) is 132 cm³/mol. The minimum atomic E-state index is -3.88. The number of methoxy groups -OCH3 is 2. The van der Waals surface area contributed by atoms with Gasteiger partial charge in [-0.25, -0.2) is 13.4 Å². The Hall–Kier alpha value is -4.05. The second-order valence-electron chi connectivity index (χ2n) is 7.53. The van der Waals surface area contributed by atoms with Gasteiger partial charge in [0.05, 0.1) is 25.4 Å². The highest BCUT2D eigenvalue weighted by Gasteiger charge is 2.27. The van der Waals surface area contributed by atoms with Crippen molar-refractivity contribution < 1.29 is 22.3 Å². The van der Waals surface area contributed by atoms with Crippen LogP contribution in [0.25, 0.3) is 12.2 Å². The van der Waals surface area contributed by atoms with Gasteiger partial charge in [-0.1, -0.05) is 24.3 Å². The Labute approximate surface area is 204 Å². The summed E-state index contributed by atoms with van der Waals surface area (Å²) in [6.07, 6.45) is 9.43. The Kier molecular flexibility index (Phi) is 7.51. The lowest BCUT2D eigenvalue weighted by molar-refractivity contribution is 0.355. The van der Waals surface area contributed by atoms with Crippen LogP contribution in [0.3, 0.4) is 0 Å². The van der Waals surface area contributed by atoms with Crippen molar-refractivity contribution in [1.82, 2.24) is 14.5 Å². The fourth-order valence-electron chi connectivity index (χ4n) is 3.40. The maximum atomic E-state index is 13.3. The van der Waals surface area contributed by atoms with Gasteiger partial charge in [-0.3, -0.25) is 0 Å². The molecule has 0 saturated carbocycles. The van der Waals surface area contributed by atoms with Crippen molar-refractivity contribution in [1.29, 1.82) is 0 Å². The third-order valence-electron chi connectivity index (χ3n) is 5.18. The van der Waals surface area contributed by atoms with Crippen LogP contribution in [-0.4, -0.2) is 43.7 Å². The molecule has 0 saturated heterocycles. The zero-order valence-electron chi connectivity index (χ0n) is 19.4. The summed E-state index contributed by atoms with van der Waals surface area (Å²) < 4.78 is 44.9. The number of hydrogen-bond donors (Lipinski definition) is 1. The molecule has 2 heterocycles. The summed E-state index contributed by atoms with van der Waals surface area (Å²) in [6, 6.07) is 13.6. The minimum Gasteiger partial charge on any atom is -0.493 e. The van der Waals surface area contributed by atoms with Gasteiger partial charge >= 0.3 is 0 Å². The molecule has 4 rings (SSSR count). The van der Waals surface area contributed by atoms with Gasteiger partial charge in [0.25, 0.3) is 0 Å². The first-order valence-electron chi connectivity index (χ1n) is 10.9. The Morgan fingerprint density at radius 1 is 1.06 bits per heavy atom. The molecule has 182 valence electrons. The second-order valence-corrected chi connectivity index (χ2v) is 9.40. The van der Waals surface area contributed by atoms with Crippen molar-refractivity contribution in [3.8, 4) is 11.5 Å². The van der Waals surface area contributed by atoms with E-state index in [9.17, 15) is 8.42 Å². The average Bonchev–Trinajstić information content (AvgIpc) is 3.56. The van der Waals surface area contributed by atoms with Crippen LogP contribution >= 0.6 is 0 Å². The lowest BCUT2D eigenvalue weighted by Crippen LogP contribution is -2.09. The number of imidazole rings is 1. The van der Waals surface area contributed by atoms with E-state index in [0.29, 0.717) is 18.0 Å². The number of nitrogens with one attached hydrogen (secondary N) is 1. The summed E-state index contributed by atoms with van der Waals surface area (Å²) in [6.45, 7) is 1.22. The fourth-order valence-corrected chi connectivity index (χ4v) is 4.71. The number of oxazole rings is 1. The van der Waals surface area contributed by atoms with E-state index in [1.54, 1.807) is 69.2 Å². The number of ether oxygens (including phenoxy) is 2. The van der Waals surface area contributed by atoms with E-state index in [-0.39, 0.29) is 21.7 Å². The van der Waals surface area contributed by atoms with Crippen LogP contribution < -0.4 is 14.8 Å². The third kappa shape index (κ3) is 5.72. The first kappa shape index (κ1) is 24.1. The van der Waals surface area contributed by atoms with Crippen molar-refractivity contribution in [2.24, 2.45) is 0 Å². The van der Waals surface area contributed by atoms with Crippen molar-refractivity contribution >= 4 is 27.9 Å². The molecule has 10 heteroatoms. The summed E-state index contributed by atoms with van der Waals surface area (Å²) in [5, 5.41) is 2.94. The molecule has 9 nitrogen and oxygen atoms in total. The molecule has 0 atom stereocenters. The number of nitrogens with zero attached hydrogens (tertiary/aromatic N) is 3. The van der Waals surface area contributed by atoms with Crippen LogP contribution in [0.5, 0.6) is 11.5 Å². The van der Waals surface area contributed by atoms with Crippen LogP contribution in [0, 0.1) is 0 Å². The number of benzene rings is 2. The molecule has 0 radical (unpaired) electrons. The maximum absolute atomic E-state index is 13.3. The molecular weight excluding hydrogens is 468 g/mol. The number of rotatable bonds is 11. The number of anilines is 1. The zero-order chi connectivity index (χ0) is 24.7. The first-order valence-corrected chi connectivity index (χ1v) is 12.4. The van der Waals surface area contributed by atoms with Gasteiger partial charge in [-0.05, 0) is 42.3 Å². The third-order valence-corrected chi connectivity index (χ3v) is 6.86. The molecule has 1 N–H and O–H groups in total. The molecule has 0 amide bonds. The van der Waals surface area contributed by atoms with Crippen molar-refractivity contribution in [3.63, 3.8) is 0 Å². The van der Waals surface area contributed by atoms with Crippen LogP contribution in [0.4, 0.5) is 5.88 Å². The molecular formula is C25H26N4O5S. The minimum absolute atomic E-state index is 0.103. The fraction of sp³-hybridized carbons (Fsp3) is 0.200. The second kappa shape index (κ2) is 10.9. The van der Waals surface area contributed by atoms with Gasteiger partial charge < -0.3 is 23.8 Å². The van der Waals surface area contributed by atoms with Gasteiger partial charge in [0.2, 0.25) is 26.6 Å². The number of sulfone groups is 1. The summed E-state index contributed by atoms with van der Waals surface area (Å²) in [7, 11) is -0.756. The van der Waals surface area contributed by atoms with E-state index in [4.69, 9.17) is 13.9 Å². The molecule has 0 aliphatic heterocycles. The molecule has 0 fully saturated rings. The van der Waals surface area contributed by atoms with E-state index in [0.717, 1.165) is 18.5 Å². The smallest absolute Gasteiger partial charge is 0.233 e. The summed E-state index contributed by atoms with van der Waals surface area (Å²) in [5.74, 6) is 1.45. The Balaban J connectivity index is 1.59. The summed E-state index contributed by atoms with van der Waals surface area (Å²) in [5.41, 5.74) is 0.808. The van der Waals surface area contributed by atoms with E-state index in [2.05, 4.69) is 15.3 Å². The van der Waals surface area contributed by atoms with Crippen molar-refractivity contribution in [2.45, 2.75) is 22.9 Å². The lowest BCUT2D eigenvalue weighted by Gasteiger charge is -2.07. The molecule has 4 aromatic rings. The Bertz CT molecular complexity index is 1380. The van der Waals surface area contributed by atoms with Gasteiger partial charge in [-0.2, -0.15) is 4.98 Å². The summed E-state index contributed by atoms with van der Waals surface area (Å²) >= 11 is 0. The highest BCUT2D eigenvalue weighted by Crippen LogP contribution is 2.30. The lowest BCUT2D eigenvalue weighted by atomic mass is 10.2. The predicted octanol–water partition coefficient (Wildman–Crippen LogP) is 4.39. The van der Waals surface area contributed by atoms with Gasteiger partial charge in [-0.15, -0.1) is 0 Å². The van der Waals surface area contributed by atoms with E-state index in [1.165, 1.54) is 12.1 Å². The van der Waals surface area contributed by atoms with E-state index < -0.39 is 9.84 Å². The van der Waals surface area contributed by atoms with Gasteiger partial charge in [0, 0.05) is 31.6 Å². The number of aryl methyl sites for hydroxylation is 1. The molecule has 0 spiro atoms. The monoisotopic (exact) mass is 494 g/mol.